The molecule has 120 valence electrons. The van der Waals surface area contributed by atoms with E-state index in [-0.39, 0.29) is 22.3 Å². The van der Waals surface area contributed by atoms with E-state index in [0.717, 1.165) is 11.1 Å². The van der Waals surface area contributed by atoms with Gasteiger partial charge in [-0.3, -0.25) is 4.79 Å². The molecule has 6 heteroatoms. The van der Waals surface area contributed by atoms with Gasteiger partial charge in [0.25, 0.3) is 0 Å². The van der Waals surface area contributed by atoms with Gasteiger partial charge in [-0.1, -0.05) is 30.7 Å². The standard InChI is InChI=1S/C17H15ClO4S/c1-10-6-7-15(17-14(19)8-11(2)16(10)17)22-23(20,21)13-5-3-4-12(18)9-13/h3-7,9,11H,8H2,1-2H3. The third kappa shape index (κ3) is 2.86. The van der Waals surface area contributed by atoms with E-state index < -0.39 is 10.1 Å². The maximum absolute atomic E-state index is 12.4. The molecule has 23 heavy (non-hydrogen) atoms. The van der Waals surface area contributed by atoms with Crippen LogP contribution in [0.25, 0.3) is 0 Å². The molecule has 3 rings (SSSR count). The Morgan fingerprint density at radius 2 is 1.96 bits per heavy atom. The molecule has 0 bridgehead atoms. The van der Waals surface area contributed by atoms with Gasteiger partial charge in [-0.05, 0) is 48.2 Å². The third-order valence-corrected chi connectivity index (χ3v) is 5.44. The number of hydrogen-bond acceptors (Lipinski definition) is 4. The number of rotatable bonds is 3. The van der Waals surface area contributed by atoms with E-state index in [1.54, 1.807) is 12.1 Å². The predicted molar refractivity (Wildman–Crippen MR) is 87.8 cm³/mol. The number of ketones is 1. The molecular weight excluding hydrogens is 336 g/mol. The molecule has 0 N–H and O–H groups in total. The summed E-state index contributed by atoms with van der Waals surface area (Å²) in [4.78, 5) is 12.2. The Hall–Kier alpha value is -1.85. The van der Waals surface area contributed by atoms with E-state index in [1.165, 1.54) is 24.3 Å². The maximum Gasteiger partial charge on any atom is 0.339 e. The number of benzene rings is 2. The van der Waals surface area contributed by atoms with Gasteiger partial charge in [0.1, 0.15) is 4.90 Å². The lowest BCUT2D eigenvalue weighted by Crippen LogP contribution is -2.12. The first-order valence-corrected chi connectivity index (χ1v) is 8.95. The second kappa shape index (κ2) is 5.65. The lowest BCUT2D eigenvalue weighted by Gasteiger charge is -2.13. The van der Waals surface area contributed by atoms with Crippen LogP contribution in [0.15, 0.2) is 41.3 Å². The number of hydrogen-bond donors (Lipinski definition) is 0. The minimum atomic E-state index is -4.05. The van der Waals surface area contributed by atoms with Gasteiger partial charge in [-0.25, -0.2) is 0 Å². The summed E-state index contributed by atoms with van der Waals surface area (Å²) in [6.07, 6.45) is 0.369. The highest BCUT2D eigenvalue weighted by Gasteiger charge is 2.32. The van der Waals surface area contributed by atoms with E-state index in [0.29, 0.717) is 17.0 Å². The molecule has 0 amide bonds. The van der Waals surface area contributed by atoms with Gasteiger partial charge < -0.3 is 4.18 Å². The second-order valence-electron chi connectivity index (χ2n) is 5.69. The van der Waals surface area contributed by atoms with Crippen LogP contribution in [0.2, 0.25) is 5.02 Å². The number of carbonyl (C=O) groups is 1. The molecule has 0 saturated carbocycles. The van der Waals surface area contributed by atoms with Crippen LogP contribution in [0, 0.1) is 6.92 Å². The zero-order valence-electron chi connectivity index (χ0n) is 12.7. The van der Waals surface area contributed by atoms with E-state index in [9.17, 15) is 13.2 Å². The molecule has 1 aliphatic carbocycles. The molecule has 2 aromatic carbocycles. The van der Waals surface area contributed by atoms with Crippen LogP contribution in [0.3, 0.4) is 0 Å². The Morgan fingerprint density at radius 3 is 2.65 bits per heavy atom. The summed E-state index contributed by atoms with van der Waals surface area (Å²) in [5.41, 5.74) is 2.21. The molecule has 0 heterocycles. The highest BCUT2D eigenvalue weighted by Crippen LogP contribution is 2.40. The van der Waals surface area contributed by atoms with E-state index in [4.69, 9.17) is 15.8 Å². The fourth-order valence-electron chi connectivity index (χ4n) is 2.97. The first-order chi connectivity index (χ1) is 10.8. The van der Waals surface area contributed by atoms with Crippen molar-refractivity contribution in [1.82, 2.24) is 0 Å². The molecule has 1 unspecified atom stereocenters. The third-order valence-electron chi connectivity index (χ3n) is 3.97. The Kier molecular flexibility index (Phi) is 3.94. The van der Waals surface area contributed by atoms with Crippen molar-refractivity contribution in [2.75, 3.05) is 0 Å². The van der Waals surface area contributed by atoms with E-state index in [2.05, 4.69) is 0 Å². The van der Waals surface area contributed by atoms with E-state index in [1.807, 2.05) is 13.8 Å². The van der Waals surface area contributed by atoms with Crippen molar-refractivity contribution in [2.45, 2.75) is 31.1 Å². The monoisotopic (exact) mass is 350 g/mol. The van der Waals surface area contributed by atoms with Crippen molar-refractivity contribution in [3.8, 4) is 5.75 Å². The topological polar surface area (TPSA) is 60.4 Å². The van der Waals surface area contributed by atoms with E-state index >= 15 is 0 Å². The Balaban J connectivity index is 2.07. The van der Waals surface area contributed by atoms with Crippen molar-refractivity contribution in [1.29, 1.82) is 0 Å². The normalized spacial score (nSPS) is 17.2. The molecule has 0 aliphatic heterocycles. The first kappa shape index (κ1) is 16.0. The van der Waals surface area contributed by atoms with Gasteiger partial charge in [0, 0.05) is 11.4 Å². The molecule has 0 spiro atoms. The van der Waals surface area contributed by atoms with Gasteiger partial charge in [0.15, 0.2) is 11.5 Å². The number of carbonyl (C=O) groups excluding carboxylic acids is 1. The van der Waals surface area contributed by atoms with Gasteiger partial charge in [0.05, 0.1) is 5.56 Å². The Labute approximate surface area is 140 Å². The molecule has 0 aromatic heterocycles. The van der Waals surface area contributed by atoms with Crippen LogP contribution < -0.4 is 4.18 Å². The molecule has 1 aliphatic rings. The summed E-state index contributed by atoms with van der Waals surface area (Å²) >= 11 is 5.84. The quantitative estimate of drug-likeness (QED) is 0.782. The zero-order valence-corrected chi connectivity index (χ0v) is 14.2. The van der Waals surface area contributed by atoms with Crippen LogP contribution in [0.5, 0.6) is 5.75 Å². The van der Waals surface area contributed by atoms with Crippen LogP contribution in [0.1, 0.15) is 40.7 Å². The minimum Gasteiger partial charge on any atom is -0.378 e. The van der Waals surface area contributed by atoms with Crippen molar-refractivity contribution in [3.05, 3.63) is 58.1 Å². The Bertz CT molecular complexity index is 903. The second-order valence-corrected chi connectivity index (χ2v) is 7.68. The maximum atomic E-state index is 12.4. The minimum absolute atomic E-state index is 0.0437. The highest BCUT2D eigenvalue weighted by molar-refractivity contribution is 7.87. The van der Waals surface area contributed by atoms with Crippen molar-refractivity contribution in [2.24, 2.45) is 0 Å². The Morgan fingerprint density at radius 1 is 1.22 bits per heavy atom. The molecule has 0 radical (unpaired) electrons. The number of halogens is 1. The summed E-state index contributed by atoms with van der Waals surface area (Å²) in [5, 5.41) is 0.300. The van der Waals surface area contributed by atoms with Crippen molar-refractivity contribution < 1.29 is 17.4 Å². The van der Waals surface area contributed by atoms with Gasteiger partial charge in [-0.15, -0.1) is 0 Å². The van der Waals surface area contributed by atoms with Gasteiger partial charge in [-0.2, -0.15) is 8.42 Å². The fourth-order valence-corrected chi connectivity index (χ4v) is 4.21. The summed E-state index contributed by atoms with van der Waals surface area (Å²) < 4.78 is 30.1. The fraction of sp³-hybridized carbons (Fsp3) is 0.235. The summed E-state index contributed by atoms with van der Waals surface area (Å²) in [5.74, 6) is 0.0577. The average molecular weight is 351 g/mol. The average Bonchev–Trinajstić information content (AvgIpc) is 2.78. The number of Topliss-reactive ketones (excluding diaryl/α,β-unsaturated/α-hetero) is 1. The SMILES string of the molecule is Cc1ccc(OS(=O)(=O)c2cccc(Cl)c2)c2c1C(C)CC2=O. The van der Waals surface area contributed by atoms with Crippen LogP contribution in [-0.2, 0) is 10.1 Å². The molecule has 0 fully saturated rings. The smallest absolute Gasteiger partial charge is 0.339 e. The van der Waals surface area contributed by atoms with Gasteiger partial charge in [0.2, 0.25) is 0 Å². The largest absolute Gasteiger partial charge is 0.378 e. The molecular formula is C17H15ClO4S. The summed E-state index contributed by atoms with van der Waals surface area (Å²) in [6.45, 7) is 3.86. The highest BCUT2D eigenvalue weighted by atomic mass is 35.5. The van der Waals surface area contributed by atoms with Crippen molar-refractivity contribution >= 4 is 27.5 Å². The molecule has 1 atom stereocenters. The van der Waals surface area contributed by atoms with Gasteiger partial charge >= 0.3 is 10.1 Å². The first-order valence-electron chi connectivity index (χ1n) is 7.16. The van der Waals surface area contributed by atoms with Crippen molar-refractivity contribution in [3.63, 3.8) is 0 Å². The van der Waals surface area contributed by atoms with Crippen LogP contribution in [0.4, 0.5) is 0 Å². The molecule has 2 aromatic rings. The zero-order chi connectivity index (χ0) is 16.8. The number of aryl methyl sites for hydroxylation is 1. The molecule has 4 nitrogen and oxygen atoms in total. The lowest BCUT2D eigenvalue weighted by molar-refractivity contribution is 0.0989. The molecule has 0 saturated heterocycles. The summed E-state index contributed by atoms with van der Waals surface area (Å²) in [7, 11) is -4.05. The summed E-state index contributed by atoms with van der Waals surface area (Å²) in [6, 6.07) is 9.14. The van der Waals surface area contributed by atoms with Crippen LogP contribution >= 0.6 is 11.6 Å². The lowest BCUT2D eigenvalue weighted by atomic mass is 9.98. The number of fused-ring (bicyclic) bond motifs is 1. The predicted octanol–water partition coefficient (Wildman–Crippen LogP) is 4.11. The van der Waals surface area contributed by atoms with Crippen LogP contribution in [-0.4, -0.2) is 14.2 Å².